The second-order valence-corrected chi connectivity index (χ2v) is 4.60. The van der Waals surface area contributed by atoms with E-state index in [1.807, 2.05) is 0 Å². The molecular formula is C15H29N. The molecule has 0 amide bonds. The highest BCUT2D eigenvalue weighted by atomic mass is 15.1. The molecule has 0 radical (unpaired) electrons. The van der Waals surface area contributed by atoms with Crippen LogP contribution in [0.4, 0.5) is 0 Å². The summed E-state index contributed by atoms with van der Waals surface area (Å²) in [6, 6.07) is 0. The zero-order chi connectivity index (χ0) is 12.1. The molecule has 1 nitrogen and oxygen atoms in total. The van der Waals surface area contributed by atoms with Crippen LogP contribution >= 0.6 is 0 Å². The van der Waals surface area contributed by atoms with Crippen LogP contribution in [0.1, 0.15) is 65.2 Å². The lowest BCUT2D eigenvalue weighted by atomic mass is 10.1. The molecule has 0 aromatic carbocycles. The Hall–Kier alpha value is -0.480. The summed E-state index contributed by atoms with van der Waals surface area (Å²) in [4.78, 5) is 2.44. The maximum Gasteiger partial charge on any atom is 0.0598 e. The molecule has 0 saturated heterocycles. The molecule has 0 aromatic rings. The fourth-order valence-corrected chi connectivity index (χ4v) is 1.92. The Labute approximate surface area is 103 Å². The Morgan fingerprint density at radius 3 is 1.69 bits per heavy atom. The third-order valence-corrected chi connectivity index (χ3v) is 2.97. The molecule has 0 fully saturated rings. The van der Waals surface area contributed by atoms with Crippen molar-refractivity contribution in [1.82, 2.24) is 4.90 Å². The van der Waals surface area contributed by atoms with E-state index in [0.717, 1.165) is 6.54 Å². The predicted octanol–water partition coefficient (Wildman–Crippen LogP) is 4.08. The number of terminal acetylenes is 1. The van der Waals surface area contributed by atoms with Crippen molar-refractivity contribution in [2.24, 2.45) is 0 Å². The van der Waals surface area contributed by atoms with Crippen LogP contribution in [0.5, 0.6) is 0 Å². The third kappa shape index (κ3) is 10.1. The minimum atomic E-state index is 0.832. The average molecular weight is 223 g/mol. The molecule has 0 rings (SSSR count). The van der Waals surface area contributed by atoms with Gasteiger partial charge in [-0.05, 0) is 25.9 Å². The molecular weight excluding hydrogens is 194 g/mol. The van der Waals surface area contributed by atoms with Gasteiger partial charge in [0.05, 0.1) is 6.54 Å². The zero-order valence-electron chi connectivity index (χ0n) is 11.3. The quantitative estimate of drug-likeness (QED) is 0.377. The summed E-state index contributed by atoms with van der Waals surface area (Å²) in [5, 5.41) is 0. The van der Waals surface area contributed by atoms with Gasteiger partial charge in [-0.15, -0.1) is 6.42 Å². The smallest absolute Gasteiger partial charge is 0.0598 e. The first kappa shape index (κ1) is 15.5. The fourth-order valence-electron chi connectivity index (χ4n) is 1.92. The normalized spacial score (nSPS) is 10.6. The van der Waals surface area contributed by atoms with Crippen molar-refractivity contribution in [3.63, 3.8) is 0 Å². The number of unbranched alkanes of at least 4 members (excludes halogenated alkanes) is 6. The molecule has 0 unspecified atom stereocenters. The summed E-state index contributed by atoms with van der Waals surface area (Å²) < 4.78 is 0. The van der Waals surface area contributed by atoms with E-state index in [1.54, 1.807) is 0 Å². The average Bonchev–Trinajstić information content (AvgIpc) is 2.30. The molecule has 94 valence electrons. The summed E-state index contributed by atoms with van der Waals surface area (Å²) in [7, 11) is 0. The second-order valence-electron chi connectivity index (χ2n) is 4.60. The van der Waals surface area contributed by atoms with Gasteiger partial charge in [-0.3, -0.25) is 4.90 Å². The molecule has 0 atom stereocenters. The van der Waals surface area contributed by atoms with Gasteiger partial charge in [0.1, 0.15) is 0 Å². The first-order valence-electron chi connectivity index (χ1n) is 7.01. The SMILES string of the molecule is C#CCN(CCCCCC)CCCCCC. The van der Waals surface area contributed by atoms with Crippen molar-refractivity contribution in [1.29, 1.82) is 0 Å². The first-order chi connectivity index (χ1) is 7.85. The molecule has 0 saturated carbocycles. The summed E-state index contributed by atoms with van der Waals surface area (Å²) >= 11 is 0. The first-order valence-corrected chi connectivity index (χ1v) is 7.01. The van der Waals surface area contributed by atoms with E-state index in [9.17, 15) is 0 Å². The third-order valence-electron chi connectivity index (χ3n) is 2.97. The van der Waals surface area contributed by atoms with Gasteiger partial charge < -0.3 is 0 Å². The molecule has 0 spiro atoms. The lowest BCUT2D eigenvalue weighted by Gasteiger charge is -2.19. The van der Waals surface area contributed by atoms with Crippen molar-refractivity contribution < 1.29 is 0 Å². The predicted molar refractivity (Wildman–Crippen MR) is 73.6 cm³/mol. The highest BCUT2D eigenvalue weighted by Crippen LogP contribution is 2.04. The van der Waals surface area contributed by atoms with Crippen molar-refractivity contribution in [2.75, 3.05) is 19.6 Å². The van der Waals surface area contributed by atoms with Crippen LogP contribution < -0.4 is 0 Å². The van der Waals surface area contributed by atoms with E-state index in [0.29, 0.717) is 0 Å². The van der Waals surface area contributed by atoms with Crippen LogP contribution in [0.2, 0.25) is 0 Å². The highest BCUT2D eigenvalue weighted by molar-refractivity contribution is 4.88. The molecule has 16 heavy (non-hydrogen) atoms. The van der Waals surface area contributed by atoms with Gasteiger partial charge in [0.25, 0.3) is 0 Å². The Bertz CT molecular complexity index is 157. The Balaban J connectivity index is 3.50. The van der Waals surface area contributed by atoms with Crippen LogP contribution in [-0.4, -0.2) is 24.5 Å². The maximum absolute atomic E-state index is 5.40. The number of hydrogen-bond acceptors (Lipinski definition) is 1. The maximum atomic E-state index is 5.40. The van der Waals surface area contributed by atoms with Gasteiger partial charge in [0.15, 0.2) is 0 Å². The van der Waals surface area contributed by atoms with E-state index in [2.05, 4.69) is 24.7 Å². The fraction of sp³-hybridized carbons (Fsp3) is 0.867. The van der Waals surface area contributed by atoms with Crippen molar-refractivity contribution in [2.45, 2.75) is 65.2 Å². The van der Waals surface area contributed by atoms with Crippen molar-refractivity contribution >= 4 is 0 Å². The molecule has 0 aromatic heterocycles. The monoisotopic (exact) mass is 223 g/mol. The summed E-state index contributed by atoms with van der Waals surface area (Å²) in [5.41, 5.74) is 0. The van der Waals surface area contributed by atoms with Crippen LogP contribution in [0.25, 0.3) is 0 Å². The topological polar surface area (TPSA) is 3.24 Å². The number of rotatable bonds is 11. The van der Waals surface area contributed by atoms with E-state index in [-0.39, 0.29) is 0 Å². The van der Waals surface area contributed by atoms with Crippen LogP contribution in [0, 0.1) is 12.3 Å². The summed E-state index contributed by atoms with van der Waals surface area (Å²) in [6.07, 6.45) is 16.1. The number of nitrogens with zero attached hydrogens (tertiary/aromatic N) is 1. The lowest BCUT2D eigenvalue weighted by Crippen LogP contribution is -2.26. The van der Waals surface area contributed by atoms with Gasteiger partial charge in [0.2, 0.25) is 0 Å². The van der Waals surface area contributed by atoms with Crippen molar-refractivity contribution in [3.05, 3.63) is 0 Å². The van der Waals surface area contributed by atoms with Gasteiger partial charge >= 0.3 is 0 Å². The molecule has 0 aliphatic rings. The van der Waals surface area contributed by atoms with Gasteiger partial charge in [0, 0.05) is 0 Å². The molecule has 0 N–H and O–H groups in total. The van der Waals surface area contributed by atoms with E-state index < -0.39 is 0 Å². The summed E-state index contributed by atoms with van der Waals surface area (Å²) in [6.45, 7) is 7.72. The molecule has 0 aliphatic carbocycles. The number of hydrogen-bond donors (Lipinski definition) is 0. The van der Waals surface area contributed by atoms with Crippen LogP contribution in [0.3, 0.4) is 0 Å². The Morgan fingerprint density at radius 1 is 0.812 bits per heavy atom. The standard InChI is InChI=1S/C15H29N/c1-4-7-9-11-14-16(13-6-3)15-12-10-8-5-2/h3H,4-5,7-15H2,1-2H3. The molecule has 1 heteroatoms. The Morgan fingerprint density at radius 2 is 1.31 bits per heavy atom. The van der Waals surface area contributed by atoms with E-state index in [1.165, 1.54) is 64.5 Å². The largest absolute Gasteiger partial charge is 0.292 e. The minimum Gasteiger partial charge on any atom is -0.292 e. The molecule has 0 heterocycles. The van der Waals surface area contributed by atoms with Gasteiger partial charge in [-0.25, -0.2) is 0 Å². The van der Waals surface area contributed by atoms with E-state index in [4.69, 9.17) is 6.42 Å². The second kappa shape index (κ2) is 12.6. The van der Waals surface area contributed by atoms with Gasteiger partial charge in [-0.1, -0.05) is 58.3 Å². The van der Waals surface area contributed by atoms with Crippen LogP contribution in [0.15, 0.2) is 0 Å². The lowest BCUT2D eigenvalue weighted by molar-refractivity contribution is 0.291. The minimum absolute atomic E-state index is 0.832. The summed E-state index contributed by atoms with van der Waals surface area (Å²) in [5.74, 6) is 2.78. The van der Waals surface area contributed by atoms with E-state index >= 15 is 0 Å². The van der Waals surface area contributed by atoms with Crippen LogP contribution in [-0.2, 0) is 0 Å². The Kier molecular flexibility index (Phi) is 12.2. The highest BCUT2D eigenvalue weighted by Gasteiger charge is 2.02. The van der Waals surface area contributed by atoms with Crippen molar-refractivity contribution in [3.8, 4) is 12.3 Å². The van der Waals surface area contributed by atoms with Gasteiger partial charge in [-0.2, -0.15) is 0 Å². The molecule has 0 aliphatic heterocycles. The molecule has 0 bridgehead atoms. The zero-order valence-corrected chi connectivity index (χ0v) is 11.3.